The molecule has 0 heterocycles. The van der Waals surface area contributed by atoms with Gasteiger partial charge in [-0.15, -0.1) is 0 Å². The van der Waals surface area contributed by atoms with Crippen LogP contribution in [-0.2, 0) is 6.42 Å². The Morgan fingerprint density at radius 2 is 1.72 bits per heavy atom. The van der Waals surface area contributed by atoms with E-state index in [9.17, 15) is 9.18 Å². The number of hydrogen-bond acceptors (Lipinski definition) is 2. The van der Waals surface area contributed by atoms with Crippen LogP contribution in [-0.4, -0.2) is 6.09 Å². The average molecular weight is 356 g/mol. The third-order valence-electron chi connectivity index (χ3n) is 3.57. The molecule has 3 nitrogen and oxygen atoms in total. The molecule has 0 fully saturated rings. The van der Waals surface area contributed by atoms with E-state index in [0.29, 0.717) is 17.2 Å². The quantitative estimate of drug-likeness (QED) is 0.653. The van der Waals surface area contributed by atoms with Crippen molar-refractivity contribution in [1.29, 1.82) is 0 Å². The molecule has 0 saturated carbocycles. The van der Waals surface area contributed by atoms with Gasteiger partial charge in [0.1, 0.15) is 11.6 Å². The molecule has 0 saturated heterocycles. The van der Waals surface area contributed by atoms with Crippen molar-refractivity contribution in [3.8, 4) is 5.75 Å². The molecule has 3 aromatic carbocycles. The molecule has 0 radical (unpaired) electrons. The summed E-state index contributed by atoms with van der Waals surface area (Å²) in [5, 5.41) is 2.94. The van der Waals surface area contributed by atoms with Crippen molar-refractivity contribution in [1.82, 2.24) is 0 Å². The third-order valence-corrected chi connectivity index (χ3v) is 3.81. The fraction of sp³-hybridized carbons (Fsp3) is 0.0500. The van der Waals surface area contributed by atoms with Gasteiger partial charge in [-0.2, -0.15) is 0 Å². The minimum Gasteiger partial charge on any atom is -0.410 e. The minimum absolute atomic E-state index is 0.0612. The highest BCUT2D eigenvalue weighted by atomic mass is 35.5. The number of carbonyl (C=O) groups excluding carboxylic acids is 1. The summed E-state index contributed by atoms with van der Waals surface area (Å²) >= 11 is 6.06. The fourth-order valence-corrected chi connectivity index (χ4v) is 2.59. The van der Waals surface area contributed by atoms with Gasteiger partial charge in [-0.25, -0.2) is 9.18 Å². The number of amides is 1. The number of hydrogen-bond donors (Lipinski definition) is 1. The first-order valence-corrected chi connectivity index (χ1v) is 8.05. The second-order valence-corrected chi connectivity index (χ2v) is 5.85. The molecule has 126 valence electrons. The van der Waals surface area contributed by atoms with Crippen LogP contribution in [0.2, 0.25) is 5.02 Å². The molecule has 0 aliphatic carbocycles. The molecule has 1 N–H and O–H groups in total. The Labute approximate surface area is 150 Å². The lowest BCUT2D eigenvalue weighted by Gasteiger charge is -2.12. The Morgan fingerprint density at radius 1 is 1.00 bits per heavy atom. The molecule has 0 aliphatic rings. The highest BCUT2D eigenvalue weighted by Gasteiger charge is 2.12. The maximum Gasteiger partial charge on any atom is 0.417 e. The van der Waals surface area contributed by atoms with Gasteiger partial charge >= 0.3 is 6.09 Å². The van der Waals surface area contributed by atoms with E-state index < -0.39 is 11.9 Å². The van der Waals surface area contributed by atoms with Gasteiger partial charge in [-0.3, -0.25) is 5.32 Å². The molecule has 0 aromatic heterocycles. The summed E-state index contributed by atoms with van der Waals surface area (Å²) in [6.45, 7) is 0. The Morgan fingerprint density at radius 3 is 2.48 bits per heavy atom. The second kappa shape index (κ2) is 7.81. The first-order chi connectivity index (χ1) is 12.1. The monoisotopic (exact) mass is 355 g/mol. The molecule has 3 rings (SSSR count). The molecular weight excluding hydrogens is 341 g/mol. The number of nitrogens with one attached hydrogen (secondary N) is 1. The van der Waals surface area contributed by atoms with Crippen molar-refractivity contribution in [2.45, 2.75) is 6.42 Å². The minimum atomic E-state index is -0.762. The number of ether oxygens (including phenoxy) is 1. The van der Waals surface area contributed by atoms with Gasteiger partial charge in [-0.05, 0) is 35.9 Å². The van der Waals surface area contributed by atoms with Gasteiger partial charge < -0.3 is 4.74 Å². The predicted octanol–water partition coefficient (Wildman–Crippen LogP) is 5.68. The van der Waals surface area contributed by atoms with E-state index in [4.69, 9.17) is 16.3 Å². The number of benzene rings is 3. The first-order valence-electron chi connectivity index (χ1n) is 7.67. The Hall–Kier alpha value is -2.85. The molecule has 1 amide bonds. The van der Waals surface area contributed by atoms with Crippen LogP contribution in [0.15, 0.2) is 72.8 Å². The van der Waals surface area contributed by atoms with E-state index in [1.807, 2.05) is 30.3 Å². The number of para-hydroxylation sites is 1. The summed E-state index contributed by atoms with van der Waals surface area (Å²) in [6, 6.07) is 20.7. The fourth-order valence-electron chi connectivity index (χ4n) is 2.40. The number of carbonyl (C=O) groups is 1. The van der Waals surface area contributed by atoms with Crippen LogP contribution in [0.5, 0.6) is 5.75 Å². The van der Waals surface area contributed by atoms with E-state index in [0.717, 1.165) is 11.1 Å². The van der Waals surface area contributed by atoms with E-state index >= 15 is 0 Å². The first kappa shape index (κ1) is 17.0. The summed E-state index contributed by atoms with van der Waals surface area (Å²) in [5.41, 5.74) is 1.89. The largest absolute Gasteiger partial charge is 0.417 e. The molecule has 0 bridgehead atoms. The van der Waals surface area contributed by atoms with Gasteiger partial charge in [0.25, 0.3) is 0 Å². The number of rotatable bonds is 4. The molecule has 0 aliphatic heterocycles. The van der Waals surface area contributed by atoms with Crippen LogP contribution in [0.25, 0.3) is 0 Å². The Bertz CT molecular complexity index is 884. The zero-order valence-corrected chi connectivity index (χ0v) is 14.0. The molecule has 5 heteroatoms. The topological polar surface area (TPSA) is 38.3 Å². The van der Waals surface area contributed by atoms with Crippen LogP contribution < -0.4 is 10.1 Å². The number of anilines is 1. The van der Waals surface area contributed by atoms with Crippen LogP contribution in [0, 0.1) is 5.82 Å². The average Bonchev–Trinajstić information content (AvgIpc) is 2.60. The van der Waals surface area contributed by atoms with Crippen molar-refractivity contribution in [2.75, 3.05) is 5.32 Å². The molecule has 25 heavy (non-hydrogen) atoms. The Kier molecular flexibility index (Phi) is 5.31. The molecular formula is C20H15ClFNO2. The lowest BCUT2D eigenvalue weighted by molar-refractivity contribution is 0.214. The van der Waals surface area contributed by atoms with E-state index in [2.05, 4.69) is 5.32 Å². The van der Waals surface area contributed by atoms with Crippen molar-refractivity contribution < 1.29 is 13.9 Å². The standard InChI is InChI=1S/C20H15ClFNO2/c21-16-10-11-19(15(13-16)12-14-6-2-1-3-7-14)25-20(24)23-18-9-5-4-8-17(18)22/h1-11,13H,12H2,(H,23,24). The second-order valence-electron chi connectivity index (χ2n) is 5.41. The SMILES string of the molecule is O=C(Nc1ccccc1F)Oc1ccc(Cl)cc1Cc1ccccc1. The molecule has 0 atom stereocenters. The van der Waals surface area contributed by atoms with Gasteiger partial charge in [0.05, 0.1) is 5.69 Å². The highest BCUT2D eigenvalue weighted by molar-refractivity contribution is 6.30. The van der Waals surface area contributed by atoms with Gasteiger partial charge in [0, 0.05) is 17.0 Å². The van der Waals surface area contributed by atoms with Crippen molar-refractivity contribution in [3.05, 3.63) is 94.8 Å². The molecule has 3 aromatic rings. The smallest absolute Gasteiger partial charge is 0.410 e. The van der Waals surface area contributed by atoms with Crippen molar-refractivity contribution in [3.63, 3.8) is 0 Å². The summed E-state index contributed by atoms with van der Waals surface area (Å²) in [5.74, 6) is -0.151. The van der Waals surface area contributed by atoms with Crippen molar-refractivity contribution >= 4 is 23.4 Å². The van der Waals surface area contributed by atoms with Crippen LogP contribution >= 0.6 is 11.6 Å². The Balaban J connectivity index is 1.78. The maximum absolute atomic E-state index is 13.6. The number of halogens is 2. The molecule has 0 unspecified atom stereocenters. The van der Waals surface area contributed by atoms with Crippen LogP contribution in [0.3, 0.4) is 0 Å². The van der Waals surface area contributed by atoms with Crippen molar-refractivity contribution in [2.24, 2.45) is 0 Å². The summed E-state index contributed by atoms with van der Waals surface area (Å²) in [4.78, 5) is 12.1. The zero-order valence-electron chi connectivity index (χ0n) is 13.2. The highest BCUT2D eigenvalue weighted by Crippen LogP contribution is 2.26. The van der Waals surface area contributed by atoms with E-state index in [-0.39, 0.29) is 5.69 Å². The van der Waals surface area contributed by atoms with Crippen LogP contribution in [0.1, 0.15) is 11.1 Å². The van der Waals surface area contributed by atoms with E-state index in [1.165, 1.54) is 12.1 Å². The maximum atomic E-state index is 13.6. The lowest BCUT2D eigenvalue weighted by atomic mass is 10.0. The third kappa shape index (κ3) is 4.58. The van der Waals surface area contributed by atoms with E-state index in [1.54, 1.807) is 30.3 Å². The normalized spacial score (nSPS) is 10.3. The van der Waals surface area contributed by atoms with Gasteiger partial charge in [0.15, 0.2) is 0 Å². The zero-order chi connectivity index (χ0) is 17.6. The predicted molar refractivity (Wildman–Crippen MR) is 96.7 cm³/mol. The van der Waals surface area contributed by atoms with Crippen LogP contribution in [0.4, 0.5) is 14.9 Å². The molecule has 0 spiro atoms. The summed E-state index contributed by atoms with van der Waals surface area (Å²) < 4.78 is 19.0. The van der Waals surface area contributed by atoms with Gasteiger partial charge in [-0.1, -0.05) is 54.1 Å². The van der Waals surface area contributed by atoms with Gasteiger partial charge in [0.2, 0.25) is 0 Å². The summed E-state index contributed by atoms with van der Waals surface area (Å²) in [6.07, 6.45) is -0.203. The lowest BCUT2D eigenvalue weighted by Crippen LogP contribution is -2.18. The summed E-state index contributed by atoms with van der Waals surface area (Å²) in [7, 11) is 0.